The molecule has 0 fully saturated rings. The predicted molar refractivity (Wildman–Crippen MR) is 147 cm³/mol. The average molecular weight is 532 g/mol. The highest BCUT2D eigenvalue weighted by Gasteiger charge is 2.17. The van der Waals surface area contributed by atoms with Gasteiger partial charge < -0.3 is 20.1 Å². The Morgan fingerprint density at radius 1 is 0.974 bits per heavy atom. The summed E-state index contributed by atoms with van der Waals surface area (Å²) in [5.74, 6) is 1.59. The number of aryl methyl sites for hydroxylation is 1. The Hall–Kier alpha value is -4.31. The maximum atomic E-state index is 12.8. The Morgan fingerprint density at radius 3 is 2.50 bits per heavy atom. The predicted octanol–water partition coefficient (Wildman–Crippen LogP) is 4.64. The summed E-state index contributed by atoms with van der Waals surface area (Å²) >= 11 is 1.27. The second-order valence-electron chi connectivity index (χ2n) is 8.28. The number of amides is 2. The largest absolute Gasteiger partial charge is 0.497 e. The zero-order chi connectivity index (χ0) is 26.9. The quantitative estimate of drug-likeness (QED) is 0.272. The number of thioether (sulfide) groups is 1. The van der Waals surface area contributed by atoms with Crippen molar-refractivity contribution < 1.29 is 19.1 Å². The molecule has 0 spiro atoms. The molecule has 0 unspecified atom stereocenters. The van der Waals surface area contributed by atoms with Crippen LogP contribution in [0.25, 0.3) is 5.69 Å². The fourth-order valence-corrected chi connectivity index (χ4v) is 4.46. The lowest BCUT2D eigenvalue weighted by Crippen LogP contribution is -2.24. The number of aromatic nitrogens is 3. The third kappa shape index (κ3) is 6.92. The molecule has 2 amide bonds. The van der Waals surface area contributed by atoms with Crippen LogP contribution in [0.15, 0.2) is 78.0 Å². The van der Waals surface area contributed by atoms with Gasteiger partial charge in [0.1, 0.15) is 11.5 Å². The van der Waals surface area contributed by atoms with Gasteiger partial charge in [-0.1, -0.05) is 30.0 Å². The van der Waals surface area contributed by atoms with E-state index in [2.05, 4.69) is 20.8 Å². The van der Waals surface area contributed by atoms with Gasteiger partial charge in [0.15, 0.2) is 11.0 Å². The molecule has 0 saturated carbocycles. The summed E-state index contributed by atoms with van der Waals surface area (Å²) in [6.45, 7) is 4.64. The molecule has 10 heteroatoms. The first-order chi connectivity index (χ1) is 18.5. The Morgan fingerprint density at radius 2 is 1.76 bits per heavy atom. The van der Waals surface area contributed by atoms with Crippen LogP contribution in [0.1, 0.15) is 28.7 Å². The van der Waals surface area contributed by atoms with Gasteiger partial charge in [0.05, 0.1) is 26.0 Å². The van der Waals surface area contributed by atoms with E-state index in [1.807, 2.05) is 54.8 Å². The zero-order valence-corrected chi connectivity index (χ0v) is 22.2. The molecule has 0 aliphatic rings. The molecule has 2 N–H and O–H groups in total. The molecular formula is C28H29N5O4S. The van der Waals surface area contributed by atoms with E-state index in [-0.39, 0.29) is 24.1 Å². The van der Waals surface area contributed by atoms with Crippen molar-refractivity contribution >= 4 is 29.3 Å². The lowest BCUT2D eigenvalue weighted by molar-refractivity contribution is -0.113. The Labute approximate surface area is 225 Å². The topological polar surface area (TPSA) is 107 Å². The summed E-state index contributed by atoms with van der Waals surface area (Å²) in [6, 6.07) is 22.0. The molecule has 3 aromatic carbocycles. The molecule has 0 aliphatic carbocycles. The molecule has 0 radical (unpaired) electrons. The van der Waals surface area contributed by atoms with E-state index in [4.69, 9.17) is 9.47 Å². The third-order valence-corrected chi connectivity index (χ3v) is 6.41. The number of rotatable bonds is 11. The average Bonchev–Trinajstić information content (AvgIpc) is 3.34. The highest BCUT2D eigenvalue weighted by molar-refractivity contribution is 7.99. The fourth-order valence-electron chi connectivity index (χ4n) is 3.69. The van der Waals surface area contributed by atoms with Crippen LogP contribution in [0.2, 0.25) is 0 Å². The van der Waals surface area contributed by atoms with Crippen molar-refractivity contribution in [1.82, 2.24) is 20.1 Å². The number of nitrogens with zero attached hydrogens (tertiary/aromatic N) is 3. The number of anilines is 1. The van der Waals surface area contributed by atoms with E-state index in [0.29, 0.717) is 34.6 Å². The zero-order valence-electron chi connectivity index (χ0n) is 21.4. The van der Waals surface area contributed by atoms with Crippen molar-refractivity contribution in [2.45, 2.75) is 25.5 Å². The summed E-state index contributed by atoms with van der Waals surface area (Å²) in [4.78, 5) is 25.4. The molecule has 1 heterocycles. The van der Waals surface area contributed by atoms with Crippen molar-refractivity contribution in [3.05, 3.63) is 89.7 Å². The van der Waals surface area contributed by atoms with E-state index in [9.17, 15) is 9.59 Å². The van der Waals surface area contributed by atoms with Crippen molar-refractivity contribution in [2.24, 2.45) is 0 Å². The molecule has 0 saturated heterocycles. The van der Waals surface area contributed by atoms with Crippen LogP contribution in [-0.2, 0) is 11.3 Å². The van der Waals surface area contributed by atoms with Gasteiger partial charge in [-0.3, -0.25) is 14.2 Å². The standard InChI is InChI=1S/C28H29N5O4S/c1-4-37-23-13-11-21(12-14-23)30-26(34)18-38-28-32-31-25(33(28)22-9-5-7-19(2)15-22)17-29-27(35)20-8-6-10-24(16-20)36-3/h5-16H,4,17-18H2,1-3H3,(H,29,35)(H,30,34). The number of hydrogen-bond acceptors (Lipinski definition) is 7. The van der Waals surface area contributed by atoms with Gasteiger partial charge in [-0.2, -0.15) is 0 Å². The van der Waals surface area contributed by atoms with E-state index in [0.717, 1.165) is 17.0 Å². The fraction of sp³-hybridized carbons (Fsp3) is 0.214. The smallest absolute Gasteiger partial charge is 0.251 e. The first kappa shape index (κ1) is 26.7. The van der Waals surface area contributed by atoms with Gasteiger partial charge in [0, 0.05) is 16.9 Å². The Bertz CT molecular complexity index is 1400. The number of ether oxygens (including phenoxy) is 2. The number of nitrogens with one attached hydrogen (secondary N) is 2. The molecule has 0 aliphatic heterocycles. The third-order valence-electron chi connectivity index (χ3n) is 5.48. The van der Waals surface area contributed by atoms with Crippen LogP contribution in [-0.4, -0.2) is 46.0 Å². The monoisotopic (exact) mass is 531 g/mol. The van der Waals surface area contributed by atoms with Crippen LogP contribution >= 0.6 is 11.8 Å². The van der Waals surface area contributed by atoms with Crippen molar-refractivity contribution in [1.29, 1.82) is 0 Å². The molecule has 196 valence electrons. The maximum Gasteiger partial charge on any atom is 0.251 e. The van der Waals surface area contributed by atoms with Crippen LogP contribution in [0.5, 0.6) is 11.5 Å². The Kier molecular flexibility index (Phi) is 8.99. The summed E-state index contributed by atoms with van der Waals surface area (Å²) in [5, 5.41) is 15.0. The number of carbonyl (C=O) groups excluding carboxylic acids is 2. The van der Waals surface area contributed by atoms with E-state index in [1.54, 1.807) is 43.5 Å². The van der Waals surface area contributed by atoms with Crippen molar-refractivity contribution in [3.8, 4) is 17.2 Å². The van der Waals surface area contributed by atoms with Gasteiger partial charge >= 0.3 is 0 Å². The second kappa shape index (κ2) is 12.8. The molecule has 4 aromatic rings. The van der Waals surface area contributed by atoms with E-state index >= 15 is 0 Å². The van der Waals surface area contributed by atoms with Gasteiger partial charge in [-0.25, -0.2) is 0 Å². The maximum absolute atomic E-state index is 12.8. The lowest BCUT2D eigenvalue weighted by Gasteiger charge is -2.12. The molecule has 9 nitrogen and oxygen atoms in total. The van der Waals surface area contributed by atoms with Gasteiger partial charge in [0.25, 0.3) is 5.91 Å². The van der Waals surface area contributed by atoms with Crippen molar-refractivity contribution in [2.75, 3.05) is 24.8 Å². The second-order valence-corrected chi connectivity index (χ2v) is 9.22. The van der Waals surface area contributed by atoms with E-state index in [1.165, 1.54) is 11.8 Å². The number of benzene rings is 3. The first-order valence-electron chi connectivity index (χ1n) is 12.1. The minimum Gasteiger partial charge on any atom is -0.497 e. The van der Waals surface area contributed by atoms with Crippen LogP contribution in [0, 0.1) is 6.92 Å². The normalized spacial score (nSPS) is 10.6. The first-order valence-corrected chi connectivity index (χ1v) is 13.0. The van der Waals surface area contributed by atoms with Gasteiger partial charge in [-0.15, -0.1) is 10.2 Å². The molecule has 0 atom stereocenters. The lowest BCUT2D eigenvalue weighted by atomic mass is 10.2. The minimum atomic E-state index is -0.258. The Balaban J connectivity index is 1.47. The summed E-state index contributed by atoms with van der Waals surface area (Å²) in [7, 11) is 1.55. The number of carbonyl (C=O) groups is 2. The SMILES string of the molecule is CCOc1ccc(NC(=O)CSc2nnc(CNC(=O)c3cccc(OC)c3)n2-c2cccc(C)c2)cc1. The van der Waals surface area contributed by atoms with Gasteiger partial charge in [0.2, 0.25) is 5.91 Å². The highest BCUT2D eigenvalue weighted by atomic mass is 32.2. The molecule has 0 bridgehead atoms. The van der Waals surface area contributed by atoms with Crippen LogP contribution in [0.3, 0.4) is 0 Å². The summed E-state index contributed by atoms with van der Waals surface area (Å²) in [6.07, 6.45) is 0. The summed E-state index contributed by atoms with van der Waals surface area (Å²) < 4.78 is 12.5. The molecule has 4 rings (SSSR count). The van der Waals surface area contributed by atoms with Crippen molar-refractivity contribution in [3.63, 3.8) is 0 Å². The highest BCUT2D eigenvalue weighted by Crippen LogP contribution is 2.24. The molecular weight excluding hydrogens is 502 g/mol. The molecule has 1 aromatic heterocycles. The van der Waals surface area contributed by atoms with Crippen LogP contribution in [0.4, 0.5) is 5.69 Å². The van der Waals surface area contributed by atoms with Gasteiger partial charge in [-0.05, 0) is 74.0 Å². The molecule has 38 heavy (non-hydrogen) atoms. The number of methoxy groups -OCH3 is 1. The number of hydrogen-bond donors (Lipinski definition) is 2. The van der Waals surface area contributed by atoms with Crippen LogP contribution < -0.4 is 20.1 Å². The minimum absolute atomic E-state index is 0.132. The van der Waals surface area contributed by atoms with E-state index < -0.39 is 0 Å². The summed E-state index contributed by atoms with van der Waals surface area (Å²) in [5.41, 5.74) is 3.06.